The van der Waals surface area contributed by atoms with Crippen LogP contribution >= 0.6 is 0 Å². The van der Waals surface area contributed by atoms with Crippen molar-refractivity contribution in [3.05, 3.63) is 0 Å². The van der Waals surface area contributed by atoms with Crippen molar-refractivity contribution in [2.45, 2.75) is 26.3 Å². The second-order valence-corrected chi connectivity index (χ2v) is 4.88. The van der Waals surface area contributed by atoms with Gasteiger partial charge >= 0.3 is 0 Å². The third-order valence-electron chi connectivity index (χ3n) is 3.38. The molecule has 0 aromatic carbocycles. The summed E-state index contributed by atoms with van der Waals surface area (Å²) in [5.41, 5.74) is 6.01. The van der Waals surface area contributed by atoms with E-state index in [0.29, 0.717) is 12.0 Å². The second kappa shape index (κ2) is 3.00. The maximum absolute atomic E-state index is 6.01. The Morgan fingerprint density at radius 3 is 2.42 bits per heavy atom. The van der Waals surface area contributed by atoms with Gasteiger partial charge < -0.3 is 10.6 Å². The van der Waals surface area contributed by atoms with Crippen molar-refractivity contribution in [1.82, 2.24) is 4.90 Å². The molecule has 0 bridgehead atoms. The van der Waals surface area contributed by atoms with Crippen molar-refractivity contribution in [2.75, 3.05) is 19.6 Å². The number of likely N-dealkylation sites (tertiary alicyclic amines) is 1. The molecule has 2 unspecified atom stereocenters. The van der Waals surface area contributed by atoms with Gasteiger partial charge in [-0.2, -0.15) is 0 Å². The summed E-state index contributed by atoms with van der Waals surface area (Å²) in [5, 5.41) is 0. The van der Waals surface area contributed by atoms with Gasteiger partial charge in [0.15, 0.2) is 0 Å². The summed E-state index contributed by atoms with van der Waals surface area (Å²) in [7, 11) is 0. The quantitative estimate of drug-likeness (QED) is 0.679. The molecule has 0 amide bonds. The zero-order valence-electron chi connectivity index (χ0n) is 8.16. The lowest BCUT2D eigenvalue weighted by Crippen LogP contribution is -2.40. The van der Waals surface area contributed by atoms with E-state index in [-0.39, 0.29) is 0 Å². The molecule has 70 valence electrons. The third-order valence-corrected chi connectivity index (χ3v) is 3.38. The van der Waals surface area contributed by atoms with Gasteiger partial charge in [0.25, 0.3) is 0 Å². The van der Waals surface area contributed by atoms with Gasteiger partial charge in [-0.3, -0.25) is 0 Å². The first kappa shape index (κ1) is 8.52. The Morgan fingerprint density at radius 2 is 1.92 bits per heavy atom. The number of piperidine rings is 1. The Kier molecular flexibility index (Phi) is 2.13. The molecule has 0 aromatic heterocycles. The van der Waals surface area contributed by atoms with Crippen LogP contribution in [0.3, 0.4) is 0 Å². The fourth-order valence-electron chi connectivity index (χ4n) is 2.15. The van der Waals surface area contributed by atoms with Crippen molar-refractivity contribution in [2.24, 2.45) is 23.5 Å². The van der Waals surface area contributed by atoms with Crippen LogP contribution in [0.2, 0.25) is 0 Å². The van der Waals surface area contributed by atoms with Crippen molar-refractivity contribution in [1.29, 1.82) is 0 Å². The van der Waals surface area contributed by atoms with Gasteiger partial charge in [0.2, 0.25) is 0 Å². The largest absolute Gasteiger partial charge is 0.326 e. The molecule has 0 spiro atoms. The van der Waals surface area contributed by atoms with Crippen LogP contribution < -0.4 is 5.73 Å². The van der Waals surface area contributed by atoms with E-state index >= 15 is 0 Å². The van der Waals surface area contributed by atoms with Gasteiger partial charge in [0.05, 0.1) is 0 Å². The monoisotopic (exact) mass is 168 g/mol. The number of fused-ring (bicyclic) bond motifs is 1. The van der Waals surface area contributed by atoms with Gasteiger partial charge in [0.1, 0.15) is 0 Å². The molecule has 1 aliphatic heterocycles. The van der Waals surface area contributed by atoms with E-state index in [1.807, 2.05) is 0 Å². The molecule has 1 saturated carbocycles. The predicted molar refractivity (Wildman–Crippen MR) is 50.9 cm³/mol. The second-order valence-electron chi connectivity index (χ2n) is 4.88. The zero-order chi connectivity index (χ0) is 8.72. The lowest BCUT2D eigenvalue weighted by atomic mass is 10.1. The topological polar surface area (TPSA) is 29.3 Å². The number of nitrogens with zero attached hydrogens (tertiary/aromatic N) is 1. The first-order chi connectivity index (χ1) is 5.66. The molecule has 0 aromatic rings. The lowest BCUT2D eigenvalue weighted by molar-refractivity contribution is 0.261. The predicted octanol–water partition coefficient (Wildman–Crippen LogP) is 0.921. The van der Waals surface area contributed by atoms with Gasteiger partial charge in [-0.15, -0.1) is 0 Å². The first-order valence-electron chi connectivity index (χ1n) is 5.14. The van der Waals surface area contributed by atoms with Crippen LogP contribution in [0.1, 0.15) is 20.3 Å². The highest BCUT2D eigenvalue weighted by Crippen LogP contribution is 2.44. The maximum atomic E-state index is 6.01. The van der Waals surface area contributed by atoms with E-state index in [9.17, 15) is 0 Å². The standard InChI is InChI=1S/C10H20N2/c1-7(2)10(11)6-12-4-8-3-9(8)5-12/h7-10H,3-6,11H2,1-2H3/t8?,9?,10-/m0/s1. The Hall–Kier alpha value is -0.0800. The van der Waals surface area contributed by atoms with Crippen LogP contribution in [0.5, 0.6) is 0 Å². The van der Waals surface area contributed by atoms with Gasteiger partial charge in [-0.25, -0.2) is 0 Å². The zero-order valence-corrected chi connectivity index (χ0v) is 8.16. The molecule has 1 saturated heterocycles. The van der Waals surface area contributed by atoms with Gasteiger partial charge in [-0.05, 0) is 24.2 Å². The Balaban J connectivity index is 1.73. The average Bonchev–Trinajstić information content (AvgIpc) is 2.59. The Labute approximate surface area is 75.1 Å². The molecule has 2 nitrogen and oxygen atoms in total. The minimum absolute atomic E-state index is 0.377. The van der Waals surface area contributed by atoms with Crippen LogP contribution in [-0.4, -0.2) is 30.6 Å². The van der Waals surface area contributed by atoms with Gasteiger partial charge in [0, 0.05) is 25.7 Å². The molecule has 2 aliphatic rings. The molecule has 2 rings (SSSR count). The fourth-order valence-corrected chi connectivity index (χ4v) is 2.15. The van der Waals surface area contributed by atoms with Crippen LogP contribution in [0.25, 0.3) is 0 Å². The molecule has 1 heterocycles. The SMILES string of the molecule is CC(C)[C@@H](N)CN1CC2CC2C1. The molecule has 2 N–H and O–H groups in total. The number of hydrogen-bond acceptors (Lipinski definition) is 2. The third kappa shape index (κ3) is 1.64. The molecular formula is C10H20N2. The van der Waals surface area contributed by atoms with Crippen molar-refractivity contribution in [3.63, 3.8) is 0 Å². The summed E-state index contributed by atoms with van der Waals surface area (Å²) < 4.78 is 0. The van der Waals surface area contributed by atoms with Crippen LogP contribution in [-0.2, 0) is 0 Å². The highest BCUT2D eigenvalue weighted by atomic mass is 15.2. The van der Waals surface area contributed by atoms with E-state index in [1.54, 1.807) is 0 Å². The highest BCUT2D eigenvalue weighted by Gasteiger charge is 2.44. The maximum Gasteiger partial charge on any atom is 0.0191 e. The Bertz CT molecular complexity index is 157. The summed E-state index contributed by atoms with van der Waals surface area (Å²) in [6.45, 7) is 8.18. The van der Waals surface area contributed by atoms with Gasteiger partial charge in [-0.1, -0.05) is 13.8 Å². The van der Waals surface area contributed by atoms with Crippen molar-refractivity contribution in [3.8, 4) is 0 Å². The minimum Gasteiger partial charge on any atom is -0.326 e. The molecule has 0 radical (unpaired) electrons. The summed E-state index contributed by atoms with van der Waals surface area (Å²) in [6.07, 6.45) is 1.49. The average molecular weight is 168 g/mol. The van der Waals surface area contributed by atoms with Crippen molar-refractivity contribution < 1.29 is 0 Å². The van der Waals surface area contributed by atoms with E-state index in [4.69, 9.17) is 5.73 Å². The van der Waals surface area contributed by atoms with E-state index in [2.05, 4.69) is 18.7 Å². The summed E-state index contributed by atoms with van der Waals surface area (Å²) >= 11 is 0. The molecule has 2 fully saturated rings. The molecular weight excluding hydrogens is 148 g/mol. The van der Waals surface area contributed by atoms with Crippen LogP contribution in [0.4, 0.5) is 0 Å². The molecule has 2 heteroatoms. The van der Waals surface area contributed by atoms with Crippen LogP contribution in [0.15, 0.2) is 0 Å². The molecule has 3 atom stereocenters. The summed E-state index contributed by atoms with van der Waals surface area (Å²) in [5.74, 6) is 2.72. The molecule has 12 heavy (non-hydrogen) atoms. The smallest absolute Gasteiger partial charge is 0.0191 e. The molecule has 1 aliphatic carbocycles. The summed E-state index contributed by atoms with van der Waals surface area (Å²) in [4.78, 5) is 2.55. The fraction of sp³-hybridized carbons (Fsp3) is 1.00. The van der Waals surface area contributed by atoms with E-state index in [1.165, 1.54) is 19.5 Å². The number of nitrogens with two attached hydrogens (primary N) is 1. The normalized spacial score (nSPS) is 37.0. The minimum atomic E-state index is 0.377. The van der Waals surface area contributed by atoms with E-state index < -0.39 is 0 Å². The summed E-state index contributed by atoms with van der Waals surface area (Å²) in [6, 6.07) is 0.377. The number of rotatable bonds is 3. The van der Waals surface area contributed by atoms with Crippen LogP contribution in [0, 0.1) is 17.8 Å². The highest BCUT2D eigenvalue weighted by molar-refractivity contribution is 4.97. The lowest BCUT2D eigenvalue weighted by Gasteiger charge is -2.24. The van der Waals surface area contributed by atoms with Crippen molar-refractivity contribution >= 4 is 0 Å². The first-order valence-corrected chi connectivity index (χ1v) is 5.14. The number of hydrogen-bond donors (Lipinski definition) is 1. The Morgan fingerprint density at radius 1 is 1.33 bits per heavy atom. The van der Waals surface area contributed by atoms with E-state index in [0.717, 1.165) is 18.4 Å².